The molecule has 0 heterocycles. The summed E-state index contributed by atoms with van der Waals surface area (Å²) in [6.45, 7) is 12.7. The number of aliphatic hydroxyl groups is 1. The fourth-order valence-corrected chi connectivity index (χ4v) is 1.55. The van der Waals surface area contributed by atoms with Crippen molar-refractivity contribution in [2.45, 2.75) is 66.3 Å². The summed E-state index contributed by atoms with van der Waals surface area (Å²) >= 11 is 0. The Morgan fingerprint density at radius 3 is 2.18 bits per heavy atom. The molecule has 0 aromatic heterocycles. The second-order valence-corrected chi connectivity index (χ2v) is 6.41. The van der Waals surface area contributed by atoms with Crippen molar-refractivity contribution < 1.29 is 9.90 Å². The largest absolute Gasteiger partial charge is 0.396 e. The summed E-state index contributed by atoms with van der Waals surface area (Å²) in [4.78, 5) is 12.0. The molecule has 3 nitrogen and oxygen atoms in total. The van der Waals surface area contributed by atoms with Crippen molar-refractivity contribution in [3.63, 3.8) is 0 Å². The molecule has 102 valence electrons. The van der Waals surface area contributed by atoms with Gasteiger partial charge in [0.15, 0.2) is 0 Å². The number of nitrogens with one attached hydrogen (secondary N) is 1. The summed E-state index contributed by atoms with van der Waals surface area (Å²) in [5, 5.41) is 12.1. The van der Waals surface area contributed by atoms with Crippen LogP contribution in [-0.4, -0.2) is 23.2 Å². The Hall–Kier alpha value is -0.570. The molecule has 1 amide bonds. The lowest BCUT2D eigenvalue weighted by molar-refractivity contribution is -0.124. The van der Waals surface area contributed by atoms with Gasteiger partial charge < -0.3 is 10.4 Å². The summed E-state index contributed by atoms with van der Waals surface area (Å²) in [6, 6.07) is 0. The van der Waals surface area contributed by atoms with Crippen LogP contribution in [0.5, 0.6) is 0 Å². The highest BCUT2D eigenvalue weighted by Gasteiger charge is 2.27. The fourth-order valence-electron chi connectivity index (χ4n) is 1.55. The maximum absolute atomic E-state index is 12.0. The standard InChI is InChI=1S/C14H29NO2/c1-7-14(6,8-9-16)15-12(17)10-11(2)13(3,4)5/h11,16H,7-10H2,1-6H3,(H,15,17). The van der Waals surface area contributed by atoms with Gasteiger partial charge in [0.2, 0.25) is 5.91 Å². The van der Waals surface area contributed by atoms with E-state index in [0.29, 0.717) is 18.8 Å². The summed E-state index contributed by atoms with van der Waals surface area (Å²) in [6.07, 6.45) is 1.99. The van der Waals surface area contributed by atoms with E-state index < -0.39 is 0 Å². The minimum absolute atomic E-state index is 0.0882. The van der Waals surface area contributed by atoms with Gasteiger partial charge in [0.1, 0.15) is 0 Å². The van der Waals surface area contributed by atoms with E-state index >= 15 is 0 Å². The molecule has 2 N–H and O–H groups in total. The van der Waals surface area contributed by atoms with Crippen LogP contribution >= 0.6 is 0 Å². The molecule has 0 aliphatic carbocycles. The lowest BCUT2D eigenvalue weighted by Gasteiger charge is -2.32. The van der Waals surface area contributed by atoms with Crippen molar-refractivity contribution in [1.82, 2.24) is 5.32 Å². The van der Waals surface area contributed by atoms with Crippen molar-refractivity contribution in [3.05, 3.63) is 0 Å². The van der Waals surface area contributed by atoms with Gasteiger partial charge in [-0.2, -0.15) is 0 Å². The molecule has 0 rings (SSSR count). The van der Waals surface area contributed by atoms with Crippen LogP contribution < -0.4 is 5.32 Å². The van der Waals surface area contributed by atoms with Crippen LogP contribution in [0.4, 0.5) is 0 Å². The van der Waals surface area contributed by atoms with Crippen LogP contribution in [0.3, 0.4) is 0 Å². The summed E-state index contributed by atoms with van der Waals surface area (Å²) < 4.78 is 0. The van der Waals surface area contributed by atoms with Crippen LogP contribution in [0, 0.1) is 11.3 Å². The first-order chi connectivity index (χ1) is 7.64. The Kier molecular flexibility index (Phi) is 6.17. The Morgan fingerprint density at radius 1 is 1.29 bits per heavy atom. The monoisotopic (exact) mass is 243 g/mol. The molecule has 0 aromatic carbocycles. The van der Waals surface area contributed by atoms with Crippen molar-refractivity contribution in [2.75, 3.05) is 6.61 Å². The van der Waals surface area contributed by atoms with E-state index in [1.54, 1.807) is 0 Å². The van der Waals surface area contributed by atoms with Crippen LogP contribution in [0.25, 0.3) is 0 Å². The van der Waals surface area contributed by atoms with E-state index in [1.807, 2.05) is 13.8 Å². The SMILES string of the molecule is CCC(C)(CCO)NC(=O)CC(C)C(C)(C)C. The Labute approximate surface area is 106 Å². The molecule has 0 radical (unpaired) electrons. The highest BCUT2D eigenvalue weighted by molar-refractivity contribution is 5.77. The van der Waals surface area contributed by atoms with E-state index in [0.717, 1.165) is 6.42 Å². The van der Waals surface area contributed by atoms with Crippen LogP contribution in [0.2, 0.25) is 0 Å². The molecule has 0 saturated carbocycles. The van der Waals surface area contributed by atoms with Crippen LogP contribution in [0.1, 0.15) is 60.8 Å². The first kappa shape index (κ1) is 16.4. The molecule has 0 aromatic rings. The maximum atomic E-state index is 12.0. The number of carbonyl (C=O) groups is 1. The summed E-state index contributed by atoms with van der Waals surface area (Å²) in [5.41, 5.74) is -0.125. The number of hydrogen-bond donors (Lipinski definition) is 2. The molecule has 2 unspecified atom stereocenters. The van der Waals surface area contributed by atoms with Crippen LogP contribution in [0.15, 0.2) is 0 Å². The third-order valence-electron chi connectivity index (χ3n) is 3.86. The highest BCUT2D eigenvalue weighted by Crippen LogP contribution is 2.28. The molecule has 0 fully saturated rings. The zero-order chi connectivity index (χ0) is 13.7. The molecular formula is C14H29NO2. The molecule has 0 aliphatic rings. The first-order valence-electron chi connectivity index (χ1n) is 6.56. The van der Waals surface area contributed by atoms with E-state index in [2.05, 4.69) is 33.0 Å². The maximum Gasteiger partial charge on any atom is 0.220 e. The predicted octanol–water partition coefficient (Wildman–Crippen LogP) is 2.73. The lowest BCUT2D eigenvalue weighted by Crippen LogP contribution is -2.47. The van der Waals surface area contributed by atoms with Gasteiger partial charge in [0, 0.05) is 18.6 Å². The van der Waals surface area contributed by atoms with Crippen molar-refractivity contribution in [3.8, 4) is 0 Å². The minimum Gasteiger partial charge on any atom is -0.396 e. The molecule has 2 atom stereocenters. The Balaban J connectivity index is 4.35. The zero-order valence-corrected chi connectivity index (χ0v) is 12.3. The van der Waals surface area contributed by atoms with Gasteiger partial charge in [0.25, 0.3) is 0 Å². The third kappa shape index (κ3) is 6.06. The van der Waals surface area contributed by atoms with E-state index in [4.69, 9.17) is 5.11 Å². The number of carbonyl (C=O) groups excluding carboxylic acids is 1. The van der Waals surface area contributed by atoms with Crippen molar-refractivity contribution in [2.24, 2.45) is 11.3 Å². The van der Waals surface area contributed by atoms with Gasteiger partial charge in [0.05, 0.1) is 0 Å². The molecule has 0 saturated heterocycles. The van der Waals surface area contributed by atoms with Gasteiger partial charge in [-0.15, -0.1) is 0 Å². The molecular weight excluding hydrogens is 214 g/mol. The van der Waals surface area contributed by atoms with Crippen molar-refractivity contribution in [1.29, 1.82) is 0 Å². The lowest BCUT2D eigenvalue weighted by atomic mass is 9.80. The van der Waals surface area contributed by atoms with Crippen molar-refractivity contribution >= 4 is 5.91 Å². The predicted molar refractivity (Wildman–Crippen MR) is 71.8 cm³/mol. The second-order valence-electron chi connectivity index (χ2n) is 6.41. The minimum atomic E-state index is -0.274. The number of amides is 1. The zero-order valence-electron chi connectivity index (χ0n) is 12.3. The molecule has 0 aliphatic heterocycles. The number of aliphatic hydroxyl groups excluding tert-OH is 1. The number of hydrogen-bond acceptors (Lipinski definition) is 2. The average Bonchev–Trinajstić information content (AvgIpc) is 2.16. The second kappa shape index (κ2) is 6.39. The molecule has 0 bridgehead atoms. The smallest absolute Gasteiger partial charge is 0.220 e. The van der Waals surface area contributed by atoms with Gasteiger partial charge in [-0.3, -0.25) is 4.79 Å². The van der Waals surface area contributed by atoms with E-state index in [-0.39, 0.29) is 23.5 Å². The van der Waals surface area contributed by atoms with E-state index in [1.165, 1.54) is 0 Å². The van der Waals surface area contributed by atoms with Gasteiger partial charge in [-0.05, 0) is 31.1 Å². The summed E-state index contributed by atoms with van der Waals surface area (Å²) in [7, 11) is 0. The summed E-state index contributed by atoms with van der Waals surface area (Å²) in [5.74, 6) is 0.433. The first-order valence-corrected chi connectivity index (χ1v) is 6.56. The molecule has 0 spiro atoms. The normalized spacial score (nSPS) is 17.4. The van der Waals surface area contributed by atoms with Gasteiger partial charge >= 0.3 is 0 Å². The average molecular weight is 243 g/mol. The Bertz CT molecular complexity index is 245. The molecule has 3 heteroatoms. The Morgan fingerprint density at radius 2 is 1.82 bits per heavy atom. The number of rotatable bonds is 6. The van der Waals surface area contributed by atoms with Gasteiger partial charge in [-0.1, -0.05) is 34.6 Å². The van der Waals surface area contributed by atoms with Crippen LogP contribution in [-0.2, 0) is 4.79 Å². The quantitative estimate of drug-likeness (QED) is 0.753. The molecule has 17 heavy (non-hydrogen) atoms. The fraction of sp³-hybridized carbons (Fsp3) is 0.929. The third-order valence-corrected chi connectivity index (χ3v) is 3.86. The topological polar surface area (TPSA) is 49.3 Å². The highest BCUT2D eigenvalue weighted by atomic mass is 16.3. The van der Waals surface area contributed by atoms with Gasteiger partial charge in [-0.25, -0.2) is 0 Å². The van der Waals surface area contributed by atoms with E-state index in [9.17, 15) is 4.79 Å².